The number of alkyl halides is 1. The third-order valence-corrected chi connectivity index (χ3v) is 5.21. The van der Waals surface area contributed by atoms with Gasteiger partial charge in [-0.25, -0.2) is 0 Å². The van der Waals surface area contributed by atoms with Gasteiger partial charge in [0.2, 0.25) is 0 Å². The van der Waals surface area contributed by atoms with Gasteiger partial charge in [-0.3, -0.25) is 0 Å². The predicted octanol–water partition coefficient (Wildman–Crippen LogP) is 4.55. The summed E-state index contributed by atoms with van der Waals surface area (Å²) in [5.41, 5.74) is 0. The molecule has 0 spiro atoms. The van der Waals surface area contributed by atoms with Crippen LogP contribution >= 0.6 is 59.4 Å². The van der Waals surface area contributed by atoms with Crippen LogP contribution in [0.5, 0.6) is 0 Å². The van der Waals surface area contributed by atoms with Crippen LogP contribution in [-0.4, -0.2) is 17.1 Å². The minimum atomic E-state index is -0.140. The van der Waals surface area contributed by atoms with Crippen LogP contribution in [0, 0.1) is 0 Å². The number of hydrogen-bond acceptors (Lipinski definition) is 1. The van der Waals surface area contributed by atoms with Gasteiger partial charge in [0.05, 0.1) is 14.8 Å². The molecule has 80 valence electrons. The molecule has 0 saturated carbocycles. The van der Waals surface area contributed by atoms with Crippen LogP contribution in [-0.2, 0) is 4.74 Å². The smallest absolute Gasteiger partial charge is 0.147 e. The molecule has 1 aromatic rings. The lowest BCUT2D eigenvalue weighted by molar-refractivity contribution is 0.0261. The van der Waals surface area contributed by atoms with Crippen LogP contribution in [0.2, 0.25) is 0 Å². The maximum atomic E-state index is 5.82. The van der Waals surface area contributed by atoms with Crippen molar-refractivity contribution in [3.8, 4) is 0 Å². The second kappa shape index (κ2) is 5.89. The average molecular weight is 410 g/mol. The summed E-state index contributed by atoms with van der Waals surface area (Å²) >= 11 is 16.1. The Morgan fingerprint density at radius 2 is 2.14 bits per heavy atom. The van der Waals surface area contributed by atoms with Crippen molar-refractivity contribution >= 4 is 59.4 Å². The first-order valence-corrected chi connectivity index (χ1v) is 6.92. The lowest BCUT2D eigenvalue weighted by Gasteiger charge is -2.17. The van der Waals surface area contributed by atoms with Crippen molar-refractivity contribution < 1.29 is 4.74 Å². The second-order valence-corrected chi connectivity index (χ2v) is 5.26. The SMILES string of the molecule is CCOC(CCl)n1cc(Br)c(Br)c1Br. The molecule has 0 aromatic carbocycles. The lowest BCUT2D eigenvalue weighted by atomic mass is 10.6. The Balaban J connectivity index is 2.98. The van der Waals surface area contributed by atoms with E-state index in [1.54, 1.807) is 0 Å². The van der Waals surface area contributed by atoms with Crippen molar-refractivity contribution in [2.75, 3.05) is 12.5 Å². The summed E-state index contributed by atoms with van der Waals surface area (Å²) in [7, 11) is 0. The first-order chi connectivity index (χ1) is 6.61. The number of nitrogens with zero attached hydrogens (tertiary/aromatic N) is 1. The van der Waals surface area contributed by atoms with Crippen molar-refractivity contribution in [1.82, 2.24) is 4.57 Å². The minimum Gasteiger partial charge on any atom is -0.357 e. The fourth-order valence-corrected chi connectivity index (χ4v) is 2.81. The van der Waals surface area contributed by atoms with E-state index in [1.807, 2.05) is 17.7 Å². The number of hydrogen-bond donors (Lipinski definition) is 0. The van der Waals surface area contributed by atoms with Crippen LogP contribution < -0.4 is 0 Å². The molecule has 6 heteroatoms. The van der Waals surface area contributed by atoms with Crippen LogP contribution in [0.4, 0.5) is 0 Å². The average Bonchev–Trinajstić information content (AvgIpc) is 2.42. The van der Waals surface area contributed by atoms with E-state index in [2.05, 4.69) is 47.8 Å². The predicted molar refractivity (Wildman–Crippen MR) is 68.9 cm³/mol. The van der Waals surface area contributed by atoms with Crippen LogP contribution in [0.15, 0.2) is 19.7 Å². The van der Waals surface area contributed by atoms with Gasteiger partial charge >= 0.3 is 0 Å². The maximum absolute atomic E-state index is 5.82. The Morgan fingerprint density at radius 3 is 2.50 bits per heavy atom. The molecule has 0 bridgehead atoms. The zero-order chi connectivity index (χ0) is 10.7. The Kier molecular flexibility index (Phi) is 5.49. The molecule has 0 N–H and O–H groups in total. The summed E-state index contributed by atoms with van der Waals surface area (Å²) in [4.78, 5) is 0. The molecule has 1 heterocycles. The zero-order valence-electron chi connectivity index (χ0n) is 7.44. The Hall–Kier alpha value is 0.970. The highest BCUT2D eigenvalue weighted by atomic mass is 79.9. The summed E-state index contributed by atoms with van der Waals surface area (Å²) in [5.74, 6) is 0.417. The van der Waals surface area contributed by atoms with E-state index >= 15 is 0 Å². The Morgan fingerprint density at radius 1 is 1.50 bits per heavy atom. The van der Waals surface area contributed by atoms with E-state index in [-0.39, 0.29) is 6.23 Å². The molecule has 0 fully saturated rings. The van der Waals surface area contributed by atoms with Gasteiger partial charge in [-0.2, -0.15) is 0 Å². The normalized spacial score (nSPS) is 13.2. The van der Waals surface area contributed by atoms with E-state index in [1.165, 1.54) is 0 Å². The molecular formula is C8H9Br3ClNO. The summed E-state index contributed by atoms with van der Waals surface area (Å²) in [6.45, 7) is 2.58. The molecule has 0 radical (unpaired) electrons. The lowest BCUT2D eigenvalue weighted by Crippen LogP contribution is -2.13. The van der Waals surface area contributed by atoms with Crippen molar-refractivity contribution in [2.45, 2.75) is 13.2 Å². The van der Waals surface area contributed by atoms with Gasteiger partial charge in [-0.15, -0.1) is 11.6 Å². The Bertz CT molecular complexity index is 316. The molecule has 1 aromatic heterocycles. The van der Waals surface area contributed by atoms with E-state index in [0.29, 0.717) is 12.5 Å². The fraction of sp³-hybridized carbons (Fsp3) is 0.500. The minimum absolute atomic E-state index is 0.140. The highest BCUT2D eigenvalue weighted by Crippen LogP contribution is 2.35. The third kappa shape index (κ3) is 2.76. The summed E-state index contributed by atoms with van der Waals surface area (Å²) in [5, 5.41) is 0. The molecule has 14 heavy (non-hydrogen) atoms. The molecule has 0 amide bonds. The maximum Gasteiger partial charge on any atom is 0.147 e. The van der Waals surface area contributed by atoms with Gasteiger partial charge < -0.3 is 9.30 Å². The highest BCUT2D eigenvalue weighted by molar-refractivity contribution is 9.14. The quantitative estimate of drug-likeness (QED) is 0.665. The number of aromatic nitrogens is 1. The molecule has 0 aliphatic heterocycles. The van der Waals surface area contributed by atoms with Gasteiger partial charge in [0.25, 0.3) is 0 Å². The van der Waals surface area contributed by atoms with Crippen molar-refractivity contribution in [3.05, 3.63) is 19.7 Å². The molecule has 1 unspecified atom stereocenters. The standard InChI is InChI=1S/C8H9Br3ClNO/c1-2-14-6(3-12)13-4-5(9)7(10)8(13)11/h4,6H,2-3H2,1H3. The molecule has 1 atom stereocenters. The van der Waals surface area contributed by atoms with Gasteiger partial charge in [-0.1, -0.05) is 0 Å². The molecule has 0 aliphatic rings. The largest absolute Gasteiger partial charge is 0.357 e. The monoisotopic (exact) mass is 407 g/mol. The molecule has 0 aliphatic carbocycles. The van der Waals surface area contributed by atoms with Gasteiger partial charge in [0, 0.05) is 12.8 Å². The third-order valence-electron chi connectivity index (χ3n) is 1.67. The van der Waals surface area contributed by atoms with Crippen molar-refractivity contribution in [1.29, 1.82) is 0 Å². The summed E-state index contributed by atoms with van der Waals surface area (Å²) < 4.78 is 10.3. The van der Waals surface area contributed by atoms with E-state index in [4.69, 9.17) is 16.3 Å². The van der Waals surface area contributed by atoms with Crippen molar-refractivity contribution in [3.63, 3.8) is 0 Å². The first kappa shape index (κ1) is 13.0. The molecular weight excluding hydrogens is 401 g/mol. The van der Waals surface area contributed by atoms with Gasteiger partial charge in [0.1, 0.15) is 10.8 Å². The summed E-state index contributed by atoms with van der Waals surface area (Å²) in [6, 6.07) is 0. The molecule has 2 nitrogen and oxygen atoms in total. The van der Waals surface area contributed by atoms with Crippen LogP contribution in [0.25, 0.3) is 0 Å². The first-order valence-electron chi connectivity index (χ1n) is 4.00. The van der Waals surface area contributed by atoms with E-state index in [0.717, 1.165) is 13.5 Å². The number of halogens is 4. The number of rotatable bonds is 4. The van der Waals surface area contributed by atoms with Crippen molar-refractivity contribution in [2.24, 2.45) is 0 Å². The van der Waals surface area contributed by atoms with E-state index < -0.39 is 0 Å². The van der Waals surface area contributed by atoms with Crippen LogP contribution in [0.3, 0.4) is 0 Å². The highest BCUT2D eigenvalue weighted by Gasteiger charge is 2.16. The molecule has 1 rings (SSSR count). The van der Waals surface area contributed by atoms with Crippen LogP contribution in [0.1, 0.15) is 13.2 Å². The van der Waals surface area contributed by atoms with Gasteiger partial charge in [-0.05, 0) is 54.7 Å². The van der Waals surface area contributed by atoms with E-state index in [9.17, 15) is 0 Å². The fourth-order valence-electron chi connectivity index (χ4n) is 1.05. The van der Waals surface area contributed by atoms with Gasteiger partial charge in [0.15, 0.2) is 0 Å². The topological polar surface area (TPSA) is 14.2 Å². The Labute approximate surface area is 113 Å². The zero-order valence-corrected chi connectivity index (χ0v) is 13.0. The number of ether oxygens (including phenoxy) is 1. The summed E-state index contributed by atoms with van der Waals surface area (Å²) in [6.07, 6.45) is 1.79. The second-order valence-electron chi connectivity index (χ2n) is 2.55. The molecule has 0 saturated heterocycles.